The molecule has 0 aliphatic carbocycles. The van der Waals surface area contributed by atoms with Gasteiger partial charge in [-0.2, -0.15) is 0 Å². The van der Waals surface area contributed by atoms with Gasteiger partial charge in [-0.25, -0.2) is 0 Å². The van der Waals surface area contributed by atoms with Crippen LogP contribution in [0.25, 0.3) is 0 Å². The minimum absolute atomic E-state index is 0.130. The summed E-state index contributed by atoms with van der Waals surface area (Å²) in [6, 6.07) is 0. The summed E-state index contributed by atoms with van der Waals surface area (Å²) in [5, 5.41) is 0. The zero-order valence-electron chi connectivity index (χ0n) is 5.02. The first kappa shape index (κ1) is 5.79. The van der Waals surface area contributed by atoms with E-state index in [2.05, 4.69) is 6.58 Å². The quantitative estimate of drug-likeness (QED) is 0.472. The zero-order chi connectivity index (χ0) is 5.98. The number of ether oxygens (including phenoxy) is 2. The highest BCUT2D eigenvalue weighted by Crippen LogP contribution is 2.10. The number of hydrogen-bond donors (Lipinski definition) is 0. The molecule has 1 saturated heterocycles. The Morgan fingerprint density at radius 1 is 1.50 bits per heavy atom. The van der Waals surface area contributed by atoms with Crippen LogP contribution in [-0.4, -0.2) is 19.5 Å². The van der Waals surface area contributed by atoms with Gasteiger partial charge in [-0.1, -0.05) is 6.58 Å². The lowest BCUT2D eigenvalue weighted by Gasteiger charge is -2.05. The van der Waals surface area contributed by atoms with Crippen LogP contribution in [0, 0.1) is 0 Å². The zero-order valence-corrected chi connectivity index (χ0v) is 5.02. The van der Waals surface area contributed by atoms with E-state index < -0.39 is 0 Å². The number of hydrogen-bond acceptors (Lipinski definition) is 2. The highest BCUT2D eigenvalue weighted by molar-refractivity contribution is 4.93. The van der Waals surface area contributed by atoms with E-state index in [1.54, 1.807) is 0 Å². The fourth-order valence-corrected chi connectivity index (χ4v) is 0.643. The van der Waals surface area contributed by atoms with Crippen LogP contribution in [0.15, 0.2) is 12.2 Å². The van der Waals surface area contributed by atoms with Crippen LogP contribution in [0.4, 0.5) is 0 Å². The van der Waals surface area contributed by atoms with Crippen LogP contribution < -0.4 is 0 Å². The molecular weight excluding hydrogens is 104 g/mol. The maximum absolute atomic E-state index is 5.09. The Bertz CT molecular complexity index is 92.7. The largest absolute Gasteiger partial charge is 0.346 e. The molecule has 2 nitrogen and oxygen atoms in total. The van der Waals surface area contributed by atoms with E-state index in [9.17, 15) is 0 Å². The molecule has 1 rings (SSSR count). The molecule has 1 aliphatic heterocycles. The van der Waals surface area contributed by atoms with E-state index in [1.807, 2.05) is 6.92 Å². The van der Waals surface area contributed by atoms with Gasteiger partial charge in [0.1, 0.15) is 0 Å². The molecule has 0 aromatic rings. The van der Waals surface area contributed by atoms with Crippen molar-refractivity contribution in [2.45, 2.75) is 13.2 Å². The van der Waals surface area contributed by atoms with Crippen molar-refractivity contribution in [3.63, 3.8) is 0 Å². The van der Waals surface area contributed by atoms with Gasteiger partial charge in [-0.3, -0.25) is 0 Å². The van der Waals surface area contributed by atoms with Crippen LogP contribution >= 0.6 is 0 Å². The van der Waals surface area contributed by atoms with Crippen LogP contribution in [0.5, 0.6) is 0 Å². The predicted molar refractivity (Wildman–Crippen MR) is 30.5 cm³/mol. The molecule has 0 bridgehead atoms. The van der Waals surface area contributed by atoms with Gasteiger partial charge in [-0.05, 0) is 12.5 Å². The molecule has 1 aliphatic rings. The third kappa shape index (κ3) is 1.08. The summed E-state index contributed by atoms with van der Waals surface area (Å²) in [5.41, 5.74) is 0.947. The van der Waals surface area contributed by atoms with Gasteiger partial charge >= 0.3 is 0 Å². The fourth-order valence-electron chi connectivity index (χ4n) is 0.643. The molecule has 0 spiro atoms. The van der Waals surface area contributed by atoms with Crippen molar-refractivity contribution in [2.24, 2.45) is 0 Å². The molecule has 1 fully saturated rings. The second-order valence-corrected chi connectivity index (χ2v) is 1.92. The first-order chi connectivity index (χ1) is 3.80. The third-order valence-corrected chi connectivity index (χ3v) is 1.02. The fraction of sp³-hybridized carbons (Fsp3) is 0.667. The van der Waals surface area contributed by atoms with Crippen LogP contribution in [0.3, 0.4) is 0 Å². The van der Waals surface area contributed by atoms with Crippen molar-refractivity contribution < 1.29 is 9.47 Å². The predicted octanol–water partition coefficient (Wildman–Crippen LogP) is 0.935. The van der Waals surface area contributed by atoms with Crippen molar-refractivity contribution in [3.05, 3.63) is 12.2 Å². The lowest BCUT2D eigenvalue weighted by Crippen LogP contribution is -2.07. The van der Waals surface area contributed by atoms with E-state index in [1.165, 1.54) is 0 Å². The van der Waals surface area contributed by atoms with Crippen molar-refractivity contribution in [3.8, 4) is 0 Å². The first-order valence-electron chi connectivity index (χ1n) is 2.69. The molecule has 1 heterocycles. The second-order valence-electron chi connectivity index (χ2n) is 1.92. The summed E-state index contributed by atoms with van der Waals surface area (Å²) in [6.07, 6.45) is -0.130. The topological polar surface area (TPSA) is 18.5 Å². The average molecular weight is 114 g/mol. The van der Waals surface area contributed by atoms with Gasteiger partial charge < -0.3 is 9.47 Å². The summed E-state index contributed by atoms with van der Waals surface area (Å²) >= 11 is 0. The molecule has 0 saturated carbocycles. The average Bonchev–Trinajstić information content (AvgIpc) is 2.12. The van der Waals surface area contributed by atoms with Gasteiger partial charge in [0.05, 0.1) is 13.2 Å². The van der Waals surface area contributed by atoms with E-state index in [-0.39, 0.29) is 6.29 Å². The lowest BCUT2D eigenvalue weighted by molar-refractivity contribution is -0.0106. The summed E-state index contributed by atoms with van der Waals surface area (Å²) < 4.78 is 10.2. The summed E-state index contributed by atoms with van der Waals surface area (Å²) in [5.74, 6) is 0. The van der Waals surface area contributed by atoms with Gasteiger partial charge in [0.2, 0.25) is 0 Å². The minimum atomic E-state index is -0.130. The van der Waals surface area contributed by atoms with Crippen molar-refractivity contribution >= 4 is 0 Å². The molecule has 0 amide bonds. The number of rotatable bonds is 1. The maximum atomic E-state index is 5.09. The molecule has 46 valence electrons. The Morgan fingerprint density at radius 3 is 2.25 bits per heavy atom. The monoisotopic (exact) mass is 114 g/mol. The van der Waals surface area contributed by atoms with Crippen LogP contribution in [0.1, 0.15) is 6.92 Å². The Kier molecular flexibility index (Phi) is 1.65. The molecular formula is C6H10O2. The van der Waals surface area contributed by atoms with E-state index >= 15 is 0 Å². The molecule has 0 atom stereocenters. The van der Waals surface area contributed by atoms with Crippen molar-refractivity contribution in [1.82, 2.24) is 0 Å². The standard InChI is InChI=1S/C6H10O2/c1-5(2)6-7-3-4-8-6/h6H,1,3-4H2,2H3. The maximum Gasteiger partial charge on any atom is 0.179 e. The Morgan fingerprint density at radius 2 is 2.00 bits per heavy atom. The summed E-state index contributed by atoms with van der Waals surface area (Å²) in [6.45, 7) is 7.00. The molecule has 0 aromatic carbocycles. The van der Waals surface area contributed by atoms with Crippen LogP contribution in [0.2, 0.25) is 0 Å². The lowest BCUT2D eigenvalue weighted by atomic mass is 10.3. The molecule has 2 heteroatoms. The van der Waals surface area contributed by atoms with E-state index in [0.717, 1.165) is 5.57 Å². The molecule has 8 heavy (non-hydrogen) atoms. The Hall–Kier alpha value is -0.340. The first-order valence-corrected chi connectivity index (χ1v) is 2.69. The van der Waals surface area contributed by atoms with E-state index in [0.29, 0.717) is 13.2 Å². The molecule has 0 N–H and O–H groups in total. The molecule has 0 radical (unpaired) electrons. The van der Waals surface area contributed by atoms with Crippen LogP contribution in [-0.2, 0) is 9.47 Å². The smallest absolute Gasteiger partial charge is 0.179 e. The molecule has 0 aromatic heterocycles. The summed E-state index contributed by atoms with van der Waals surface area (Å²) in [4.78, 5) is 0. The molecule has 0 unspecified atom stereocenters. The normalized spacial score (nSPS) is 21.6. The van der Waals surface area contributed by atoms with Gasteiger partial charge in [0.15, 0.2) is 6.29 Å². The highest BCUT2D eigenvalue weighted by atomic mass is 16.7. The SMILES string of the molecule is C=C(C)C1OCCO1. The van der Waals surface area contributed by atoms with Gasteiger partial charge in [0, 0.05) is 0 Å². The second kappa shape index (κ2) is 2.29. The Labute approximate surface area is 49.1 Å². The minimum Gasteiger partial charge on any atom is -0.346 e. The van der Waals surface area contributed by atoms with Gasteiger partial charge in [0.25, 0.3) is 0 Å². The Balaban J connectivity index is 2.35. The highest BCUT2D eigenvalue weighted by Gasteiger charge is 2.15. The third-order valence-electron chi connectivity index (χ3n) is 1.02. The summed E-state index contributed by atoms with van der Waals surface area (Å²) in [7, 11) is 0. The van der Waals surface area contributed by atoms with Crippen molar-refractivity contribution in [1.29, 1.82) is 0 Å². The van der Waals surface area contributed by atoms with Crippen molar-refractivity contribution in [2.75, 3.05) is 13.2 Å². The van der Waals surface area contributed by atoms with Gasteiger partial charge in [-0.15, -0.1) is 0 Å². The van der Waals surface area contributed by atoms with E-state index in [4.69, 9.17) is 9.47 Å².